The van der Waals surface area contributed by atoms with Crippen LogP contribution in [0.2, 0.25) is 0 Å². The van der Waals surface area contributed by atoms with Crippen molar-refractivity contribution in [3.8, 4) is 0 Å². The van der Waals surface area contributed by atoms with Gasteiger partial charge in [0.1, 0.15) is 4.83 Å². The van der Waals surface area contributed by atoms with E-state index in [2.05, 4.69) is 26.5 Å². The Morgan fingerprint density at radius 2 is 2.71 bits per heavy atom. The van der Waals surface area contributed by atoms with Gasteiger partial charge in [0.05, 0.1) is 0 Å². The van der Waals surface area contributed by atoms with Crippen molar-refractivity contribution in [1.82, 2.24) is 5.43 Å². The summed E-state index contributed by atoms with van der Waals surface area (Å²) in [5.41, 5.74) is 2.25. The maximum atomic E-state index is 10.3. The predicted molar refractivity (Wildman–Crippen MR) is 29.3 cm³/mol. The van der Waals surface area contributed by atoms with Crippen molar-refractivity contribution >= 4 is 28.1 Å². The third-order valence-electron chi connectivity index (χ3n) is 0.631. The molecule has 0 aromatic rings. The number of alkyl halides is 1. The second-order valence-corrected chi connectivity index (χ2v) is 2.14. The Morgan fingerprint density at radius 3 is 2.86 bits per heavy atom. The molecule has 1 aliphatic heterocycles. The van der Waals surface area contributed by atoms with Gasteiger partial charge in [-0.25, -0.2) is 5.43 Å². The molecular formula is C3H3BrN2O. The van der Waals surface area contributed by atoms with E-state index in [0.29, 0.717) is 0 Å². The lowest BCUT2D eigenvalue weighted by Gasteiger charge is -1.85. The van der Waals surface area contributed by atoms with Crippen LogP contribution in [-0.2, 0) is 4.79 Å². The number of hydrogen-bond donors (Lipinski definition) is 1. The molecule has 0 bridgehead atoms. The lowest BCUT2D eigenvalue weighted by atomic mass is 10.5. The maximum absolute atomic E-state index is 10.3. The number of amides is 1. The molecule has 38 valence electrons. The highest BCUT2D eigenvalue weighted by Gasteiger charge is 2.15. The first-order chi connectivity index (χ1) is 3.30. The van der Waals surface area contributed by atoms with Crippen LogP contribution in [-0.4, -0.2) is 16.9 Å². The first-order valence-electron chi connectivity index (χ1n) is 1.78. The first-order valence-corrected chi connectivity index (χ1v) is 2.69. The second-order valence-electron chi connectivity index (χ2n) is 1.16. The lowest BCUT2D eigenvalue weighted by Crippen LogP contribution is -2.18. The molecule has 0 aliphatic carbocycles. The Morgan fingerprint density at radius 1 is 2.00 bits per heavy atom. The zero-order valence-electron chi connectivity index (χ0n) is 3.39. The number of hydrogen-bond acceptors (Lipinski definition) is 2. The van der Waals surface area contributed by atoms with Gasteiger partial charge in [0, 0.05) is 6.21 Å². The van der Waals surface area contributed by atoms with Gasteiger partial charge in [-0.05, 0) is 0 Å². The smallest absolute Gasteiger partial charge is 0.259 e. The van der Waals surface area contributed by atoms with Crippen LogP contribution >= 0.6 is 15.9 Å². The Labute approximate surface area is 48.9 Å². The van der Waals surface area contributed by atoms with Crippen LogP contribution in [0.25, 0.3) is 0 Å². The highest BCUT2D eigenvalue weighted by Crippen LogP contribution is 1.98. The van der Waals surface area contributed by atoms with Gasteiger partial charge < -0.3 is 0 Å². The van der Waals surface area contributed by atoms with E-state index < -0.39 is 0 Å². The average Bonchev–Trinajstić information content (AvgIpc) is 1.91. The topological polar surface area (TPSA) is 41.5 Å². The molecule has 1 atom stereocenters. The summed E-state index contributed by atoms with van der Waals surface area (Å²) >= 11 is 3.04. The van der Waals surface area contributed by atoms with Crippen LogP contribution in [0.15, 0.2) is 5.10 Å². The molecule has 1 rings (SSSR count). The van der Waals surface area contributed by atoms with E-state index in [4.69, 9.17) is 0 Å². The molecule has 3 nitrogen and oxygen atoms in total. The number of nitrogens with one attached hydrogen (secondary N) is 1. The number of rotatable bonds is 0. The van der Waals surface area contributed by atoms with Crippen molar-refractivity contribution in [3.63, 3.8) is 0 Å². The van der Waals surface area contributed by atoms with E-state index in [1.807, 2.05) is 0 Å². The minimum atomic E-state index is -0.215. The summed E-state index contributed by atoms with van der Waals surface area (Å²) in [4.78, 5) is 10.1. The molecule has 0 aromatic heterocycles. The van der Waals surface area contributed by atoms with Crippen molar-refractivity contribution in [2.45, 2.75) is 4.83 Å². The quantitative estimate of drug-likeness (QED) is 0.496. The predicted octanol–water partition coefficient (Wildman–Crippen LogP) is -0.135. The molecule has 0 spiro atoms. The van der Waals surface area contributed by atoms with Gasteiger partial charge in [0.2, 0.25) is 0 Å². The number of nitrogens with zero attached hydrogens (tertiary/aromatic N) is 1. The Kier molecular flexibility index (Phi) is 1.10. The minimum Gasteiger partial charge on any atom is -0.271 e. The number of halogens is 1. The fraction of sp³-hybridized carbons (Fsp3) is 0.333. The van der Waals surface area contributed by atoms with Crippen LogP contribution in [0.4, 0.5) is 0 Å². The summed E-state index contributed by atoms with van der Waals surface area (Å²) < 4.78 is 0. The summed E-state index contributed by atoms with van der Waals surface area (Å²) in [7, 11) is 0. The largest absolute Gasteiger partial charge is 0.271 e. The van der Waals surface area contributed by atoms with E-state index in [0.717, 1.165) is 0 Å². The van der Waals surface area contributed by atoms with E-state index in [-0.39, 0.29) is 10.7 Å². The molecule has 4 heteroatoms. The molecule has 1 heterocycles. The zero-order chi connectivity index (χ0) is 5.28. The van der Waals surface area contributed by atoms with Crippen LogP contribution in [0.1, 0.15) is 0 Å². The van der Waals surface area contributed by atoms with Crippen LogP contribution in [0.5, 0.6) is 0 Å². The fourth-order valence-electron chi connectivity index (χ4n) is 0.296. The van der Waals surface area contributed by atoms with Gasteiger partial charge in [-0.2, -0.15) is 5.10 Å². The van der Waals surface area contributed by atoms with E-state index in [1.54, 1.807) is 0 Å². The molecule has 0 radical (unpaired) electrons. The maximum Gasteiger partial charge on any atom is 0.259 e. The van der Waals surface area contributed by atoms with Gasteiger partial charge in [-0.15, -0.1) is 0 Å². The molecular weight excluding hydrogens is 160 g/mol. The molecule has 0 saturated heterocycles. The minimum absolute atomic E-state index is 0.0972. The first kappa shape index (κ1) is 4.77. The standard InChI is InChI=1S/C3H3BrN2O/c4-2-1-5-6-3(2)7/h1-2H,(H,6,7). The van der Waals surface area contributed by atoms with Crippen LogP contribution in [0.3, 0.4) is 0 Å². The molecule has 1 amide bonds. The van der Waals surface area contributed by atoms with Crippen LogP contribution in [0, 0.1) is 0 Å². The monoisotopic (exact) mass is 162 g/mol. The van der Waals surface area contributed by atoms with Crippen LogP contribution < -0.4 is 5.43 Å². The third kappa shape index (κ3) is 0.796. The summed E-state index contributed by atoms with van der Waals surface area (Å²) in [6.07, 6.45) is 1.50. The van der Waals surface area contributed by atoms with Crippen molar-refractivity contribution in [2.24, 2.45) is 5.10 Å². The highest BCUT2D eigenvalue weighted by molar-refractivity contribution is 9.10. The van der Waals surface area contributed by atoms with Crippen molar-refractivity contribution < 1.29 is 4.79 Å². The van der Waals surface area contributed by atoms with Crippen molar-refractivity contribution in [3.05, 3.63) is 0 Å². The summed E-state index contributed by atoms with van der Waals surface area (Å²) in [6.45, 7) is 0. The van der Waals surface area contributed by atoms with Gasteiger partial charge >= 0.3 is 0 Å². The van der Waals surface area contributed by atoms with Crippen molar-refractivity contribution in [2.75, 3.05) is 0 Å². The Balaban J connectivity index is 2.62. The molecule has 1 unspecified atom stereocenters. The molecule has 0 fully saturated rings. The van der Waals surface area contributed by atoms with Crippen molar-refractivity contribution in [1.29, 1.82) is 0 Å². The molecule has 0 aromatic carbocycles. The Hall–Kier alpha value is -0.380. The summed E-state index contributed by atoms with van der Waals surface area (Å²) in [5, 5.41) is 3.47. The number of carbonyl (C=O) groups is 1. The lowest BCUT2D eigenvalue weighted by molar-refractivity contribution is -0.118. The second kappa shape index (κ2) is 1.61. The zero-order valence-corrected chi connectivity index (χ0v) is 4.97. The Bertz CT molecular complexity index is 122. The highest BCUT2D eigenvalue weighted by atomic mass is 79.9. The molecule has 1 N–H and O–H groups in total. The number of carbonyl (C=O) groups excluding carboxylic acids is 1. The van der Waals surface area contributed by atoms with Gasteiger partial charge in [0.25, 0.3) is 5.91 Å². The molecule has 7 heavy (non-hydrogen) atoms. The molecule has 1 aliphatic rings. The average molecular weight is 163 g/mol. The van der Waals surface area contributed by atoms with E-state index in [9.17, 15) is 4.79 Å². The fourth-order valence-corrected chi connectivity index (χ4v) is 0.516. The van der Waals surface area contributed by atoms with E-state index in [1.165, 1.54) is 6.21 Å². The van der Waals surface area contributed by atoms with Gasteiger partial charge in [-0.3, -0.25) is 4.79 Å². The summed E-state index contributed by atoms with van der Waals surface area (Å²) in [5.74, 6) is -0.0972. The third-order valence-corrected chi connectivity index (χ3v) is 1.28. The number of hydrazone groups is 1. The molecule has 0 saturated carbocycles. The van der Waals surface area contributed by atoms with E-state index >= 15 is 0 Å². The van der Waals surface area contributed by atoms with Gasteiger partial charge in [0.15, 0.2) is 0 Å². The van der Waals surface area contributed by atoms with Gasteiger partial charge in [-0.1, -0.05) is 15.9 Å². The summed E-state index contributed by atoms with van der Waals surface area (Å²) in [6, 6.07) is 0. The normalized spacial score (nSPS) is 28.1. The SMILES string of the molecule is O=C1NN=CC1Br.